The molecule has 2 aromatic heterocycles. The average molecular weight is 804 g/mol. The van der Waals surface area contributed by atoms with Gasteiger partial charge in [-0.15, -0.1) is 0 Å². The van der Waals surface area contributed by atoms with Crippen molar-refractivity contribution in [1.82, 2.24) is 15.0 Å². The van der Waals surface area contributed by atoms with E-state index in [9.17, 15) is 0 Å². The van der Waals surface area contributed by atoms with Crippen LogP contribution in [0.15, 0.2) is 229 Å². The van der Waals surface area contributed by atoms with E-state index in [2.05, 4.69) is 206 Å². The van der Waals surface area contributed by atoms with Crippen LogP contribution in [-0.4, -0.2) is 15.0 Å². The summed E-state index contributed by atoms with van der Waals surface area (Å²) in [6.45, 7) is 0. The van der Waals surface area contributed by atoms with Gasteiger partial charge in [0.15, 0.2) is 17.5 Å². The van der Waals surface area contributed by atoms with Crippen molar-refractivity contribution in [3.63, 3.8) is 0 Å². The van der Waals surface area contributed by atoms with Crippen LogP contribution in [0.5, 0.6) is 0 Å². The third-order valence-corrected chi connectivity index (χ3v) is 12.2. The summed E-state index contributed by atoms with van der Waals surface area (Å²) in [5.41, 5.74) is 13.4. The van der Waals surface area contributed by atoms with Crippen LogP contribution in [-0.2, 0) is 0 Å². The second kappa shape index (κ2) is 15.2. The quantitative estimate of drug-likeness (QED) is 0.161. The first-order valence-corrected chi connectivity index (χ1v) is 21.3. The maximum atomic E-state index is 6.79. The highest BCUT2D eigenvalue weighted by molar-refractivity contribution is 6.15. The van der Waals surface area contributed by atoms with Gasteiger partial charge in [-0.1, -0.05) is 206 Å². The SMILES string of the molecule is c1ccc(-c2ccc(-c3nc(-c4ccc(-c5ccccc5)c5ccccc45)nc(-c4cccc5oc6c(-c7ccc(-c8ccc9ccccc9c8)cc7)cccc6c45)n3)cc2)cc1. The number of hydrogen-bond donors (Lipinski definition) is 0. The number of benzene rings is 10. The molecule has 12 rings (SSSR count). The van der Waals surface area contributed by atoms with Gasteiger partial charge in [-0.2, -0.15) is 0 Å². The molecule has 0 bridgehead atoms. The first-order valence-electron chi connectivity index (χ1n) is 21.3. The van der Waals surface area contributed by atoms with E-state index < -0.39 is 0 Å². The molecule has 294 valence electrons. The molecular formula is C59H37N3O. The Bertz CT molecular complexity index is 3650. The molecule has 0 N–H and O–H groups in total. The molecule has 0 fully saturated rings. The van der Waals surface area contributed by atoms with Crippen molar-refractivity contribution >= 4 is 43.5 Å². The predicted molar refractivity (Wildman–Crippen MR) is 260 cm³/mol. The van der Waals surface area contributed by atoms with Gasteiger partial charge in [0.1, 0.15) is 11.2 Å². The second-order valence-electron chi connectivity index (χ2n) is 15.9. The van der Waals surface area contributed by atoms with Gasteiger partial charge >= 0.3 is 0 Å². The summed E-state index contributed by atoms with van der Waals surface area (Å²) in [6, 6.07) is 78.7. The van der Waals surface area contributed by atoms with Crippen LogP contribution in [0.3, 0.4) is 0 Å². The fraction of sp³-hybridized carbons (Fsp3) is 0. The Morgan fingerprint density at radius 1 is 0.270 bits per heavy atom. The van der Waals surface area contributed by atoms with E-state index in [-0.39, 0.29) is 0 Å². The van der Waals surface area contributed by atoms with E-state index in [1.165, 1.54) is 21.9 Å². The smallest absolute Gasteiger partial charge is 0.164 e. The summed E-state index contributed by atoms with van der Waals surface area (Å²) >= 11 is 0. The summed E-state index contributed by atoms with van der Waals surface area (Å²) < 4.78 is 6.79. The van der Waals surface area contributed by atoms with Gasteiger partial charge in [0, 0.05) is 33.0 Å². The highest BCUT2D eigenvalue weighted by Gasteiger charge is 2.21. The van der Waals surface area contributed by atoms with Crippen LogP contribution in [0.2, 0.25) is 0 Å². The minimum Gasteiger partial charge on any atom is -0.455 e. The number of rotatable bonds is 7. The number of nitrogens with zero attached hydrogens (tertiary/aromatic N) is 3. The van der Waals surface area contributed by atoms with Crippen molar-refractivity contribution in [3.8, 4) is 78.7 Å². The molecule has 2 heterocycles. The van der Waals surface area contributed by atoms with Crippen molar-refractivity contribution in [2.24, 2.45) is 0 Å². The van der Waals surface area contributed by atoms with Crippen LogP contribution >= 0.6 is 0 Å². The number of furan rings is 1. The van der Waals surface area contributed by atoms with Crippen LogP contribution in [0.1, 0.15) is 0 Å². The van der Waals surface area contributed by atoms with Crippen LogP contribution in [0, 0.1) is 0 Å². The summed E-state index contributed by atoms with van der Waals surface area (Å²) in [6.07, 6.45) is 0. The second-order valence-corrected chi connectivity index (χ2v) is 15.9. The van der Waals surface area contributed by atoms with E-state index in [0.29, 0.717) is 17.5 Å². The first kappa shape index (κ1) is 36.4. The van der Waals surface area contributed by atoms with E-state index in [4.69, 9.17) is 19.4 Å². The third kappa shape index (κ3) is 6.53. The summed E-state index contributed by atoms with van der Waals surface area (Å²) in [5, 5.41) is 6.65. The maximum Gasteiger partial charge on any atom is 0.164 e. The molecule has 0 aliphatic carbocycles. The molecule has 0 radical (unpaired) electrons. The Morgan fingerprint density at radius 3 is 1.52 bits per heavy atom. The van der Waals surface area contributed by atoms with E-state index in [1.54, 1.807) is 0 Å². The molecule has 0 amide bonds. The molecular weight excluding hydrogens is 767 g/mol. The summed E-state index contributed by atoms with van der Waals surface area (Å²) in [7, 11) is 0. The molecule has 10 aromatic carbocycles. The first-order chi connectivity index (χ1) is 31.2. The van der Waals surface area contributed by atoms with E-state index >= 15 is 0 Å². The zero-order valence-corrected chi connectivity index (χ0v) is 34.1. The lowest BCUT2D eigenvalue weighted by Gasteiger charge is -2.13. The monoisotopic (exact) mass is 803 g/mol. The molecule has 0 aliphatic heterocycles. The summed E-state index contributed by atoms with van der Waals surface area (Å²) in [5.74, 6) is 1.79. The minimum atomic E-state index is 0.580. The molecule has 63 heavy (non-hydrogen) atoms. The normalized spacial score (nSPS) is 11.5. The van der Waals surface area contributed by atoms with Gasteiger partial charge in [-0.05, 0) is 78.7 Å². The van der Waals surface area contributed by atoms with E-state index in [0.717, 1.165) is 82.8 Å². The third-order valence-electron chi connectivity index (χ3n) is 12.2. The highest BCUT2D eigenvalue weighted by atomic mass is 16.3. The van der Waals surface area contributed by atoms with Crippen molar-refractivity contribution in [1.29, 1.82) is 0 Å². The molecule has 0 atom stereocenters. The Labute approximate surface area is 364 Å². The average Bonchev–Trinajstić information content (AvgIpc) is 3.76. The maximum absolute atomic E-state index is 6.79. The molecule has 0 aliphatic rings. The van der Waals surface area contributed by atoms with Crippen LogP contribution < -0.4 is 0 Å². The molecule has 4 heteroatoms. The van der Waals surface area contributed by atoms with Crippen molar-refractivity contribution in [2.45, 2.75) is 0 Å². The lowest BCUT2D eigenvalue weighted by molar-refractivity contribution is 0.670. The summed E-state index contributed by atoms with van der Waals surface area (Å²) in [4.78, 5) is 15.8. The molecule has 4 nitrogen and oxygen atoms in total. The highest BCUT2D eigenvalue weighted by Crippen LogP contribution is 2.42. The standard InChI is InChI=1S/C59H37N3O/c1-3-13-38(14-4-1)40-27-32-44(33-28-40)57-60-58(51-36-35-47(42-16-5-2-6-17-42)49-19-9-10-20-50(49)51)62-59(61-57)53-23-12-24-54-55(53)52-22-11-21-48(56(52)63-54)43-30-25-41(26-31-43)46-34-29-39-15-7-8-18-45(39)37-46/h1-37H. The number of para-hydroxylation sites is 1. The predicted octanol–water partition coefficient (Wildman–Crippen LogP) is 15.7. The van der Waals surface area contributed by atoms with Gasteiger partial charge in [0.2, 0.25) is 0 Å². The Hall–Kier alpha value is -8.47. The largest absolute Gasteiger partial charge is 0.455 e. The minimum absolute atomic E-state index is 0.580. The zero-order chi connectivity index (χ0) is 41.7. The lowest BCUT2D eigenvalue weighted by Crippen LogP contribution is -2.01. The number of aromatic nitrogens is 3. The number of fused-ring (bicyclic) bond motifs is 5. The molecule has 0 saturated carbocycles. The van der Waals surface area contributed by atoms with Gasteiger partial charge in [0.25, 0.3) is 0 Å². The fourth-order valence-electron chi connectivity index (χ4n) is 9.02. The Balaban J connectivity index is 1.01. The van der Waals surface area contributed by atoms with Gasteiger partial charge < -0.3 is 4.42 Å². The van der Waals surface area contributed by atoms with Crippen LogP contribution in [0.25, 0.3) is 122 Å². The molecule has 0 spiro atoms. The van der Waals surface area contributed by atoms with Gasteiger partial charge in [0.05, 0.1) is 0 Å². The molecule has 0 saturated heterocycles. The fourth-order valence-corrected chi connectivity index (χ4v) is 9.02. The lowest BCUT2D eigenvalue weighted by atomic mass is 9.94. The van der Waals surface area contributed by atoms with Crippen molar-refractivity contribution in [2.75, 3.05) is 0 Å². The van der Waals surface area contributed by atoms with Crippen LogP contribution in [0.4, 0.5) is 0 Å². The molecule has 12 aromatic rings. The van der Waals surface area contributed by atoms with Crippen molar-refractivity contribution < 1.29 is 4.42 Å². The number of hydrogen-bond acceptors (Lipinski definition) is 4. The van der Waals surface area contributed by atoms with Gasteiger partial charge in [-0.3, -0.25) is 0 Å². The van der Waals surface area contributed by atoms with Crippen molar-refractivity contribution in [3.05, 3.63) is 224 Å². The van der Waals surface area contributed by atoms with E-state index in [1.807, 2.05) is 18.2 Å². The Kier molecular flexibility index (Phi) is 8.79. The van der Waals surface area contributed by atoms with Gasteiger partial charge in [-0.25, -0.2) is 15.0 Å². The molecule has 0 unspecified atom stereocenters. The zero-order valence-electron chi connectivity index (χ0n) is 34.1. The topological polar surface area (TPSA) is 51.8 Å². The Morgan fingerprint density at radius 2 is 0.762 bits per heavy atom.